The van der Waals surface area contributed by atoms with Crippen LogP contribution in [0.5, 0.6) is 0 Å². The Morgan fingerprint density at radius 2 is 1.83 bits per heavy atom. The third-order valence-electron chi connectivity index (χ3n) is 3.62. The third-order valence-corrected chi connectivity index (χ3v) is 4.29. The van der Waals surface area contributed by atoms with Crippen molar-refractivity contribution >= 4 is 10.0 Å². The number of rotatable bonds is 6. The van der Waals surface area contributed by atoms with Gasteiger partial charge in [0.05, 0.1) is 12.8 Å². The van der Waals surface area contributed by atoms with Gasteiger partial charge in [0.2, 0.25) is 10.0 Å². The predicted molar refractivity (Wildman–Crippen MR) is 92.7 cm³/mol. The molecule has 3 rings (SSSR count). The van der Waals surface area contributed by atoms with Gasteiger partial charge in [-0.25, -0.2) is 22.8 Å². The number of aromatic nitrogens is 3. The lowest BCUT2D eigenvalue weighted by molar-refractivity contribution is 0.587. The van der Waals surface area contributed by atoms with Crippen LogP contribution in [0, 0.1) is 0 Å². The van der Waals surface area contributed by atoms with E-state index in [4.69, 9.17) is 0 Å². The van der Waals surface area contributed by atoms with Crippen LogP contribution in [0.15, 0.2) is 61.2 Å². The molecular formula is C17H18N4O2S. The topological polar surface area (TPSA) is 76.9 Å². The molecular weight excluding hydrogens is 324 g/mol. The van der Waals surface area contributed by atoms with Gasteiger partial charge in [0.25, 0.3) is 0 Å². The fourth-order valence-corrected chi connectivity index (χ4v) is 2.87. The van der Waals surface area contributed by atoms with Crippen LogP contribution in [0.1, 0.15) is 11.1 Å². The van der Waals surface area contributed by atoms with Crippen LogP contribution in [-0.4, -0.2) is 29.4 Å². The average molecular weight is 342 g/mol. The van der Waals surface area contributed by atoms with E-state index >= 15 is 0 Å². The quantitative estimate of drug-likeness (QED) is 0.744. The van der Waals surface area contributed by atoms with Crippen molar-refractivity contribution in [3.63, 3.8) is 0 Å². The Kier molecular flexibility index (Phi) is 4.73. The van der Waals surface area contributed by atoms with Crippen molar-refractivity contribution in [3.05, 3.63) is 72.3 Å². The second kappa shape index (κ2) is 6.94. The lowest BCUT2D eigenvalue weighted by atomic mass is 9.99. The van der Waals surface area contributed by atoms with Crippen LogP contribution in [0.2, 0.25) is 0 Å². The van der Waals surface area contributed by atoms with E-state index in [0.717, 1.165) is 28.5 Å². The highest BCUT2D eigenvalue weighted by molar-refractivity contribution is 7.88. The summed E-state index contributed by atoms with van der Waals surface area (Å²) < 4.78 is 27.0. The summed E-state index contributed by atoms with van der Waals surface area (Å²) in [5.41, 5.74) is 4.12. The highest BCUT2D eigenvalue weighted by Crippen LogP contribution is 2.24. The molecule has 0 aliphatic carbocycles. The summed E-state index contributed by atoms with van der Waals surface area (Å²) in [6, 6.07) is 15.9. The number of nitrogens with zero attached hydrogens (tertiary/aromatic N) is 3. The van der Waals surface area contributed by atoms with Gasteiger partial charge in [-0.05, 0) is 22.3 Å². The molecule has 0 atom stereocenters. The van der Waals surface area contributed by atoms with Gasteiger partial charge in [-0.2, -0.15) is 5.10 Å². The fourth-order valence-electron chi connectivity index (χ4n) is 2.46. The van der Waals surface area contributed by atoms with Crippen LogP contribution < -0.4 is 4.72 Å². The number of benzene rings is 2. The Morgan fingerprint density at radius 1 is 1.08 bits per heavy atom. The second-order valence-corrected chi connectivity index (χ2v) is 7.37. The Bertz CT molecular complexity index is 904. The van der Waals surface area contributed by atoms with Gasteiger partial charge in [0.15, 0.2) is 0 Å². The first-order valence-corrected chi connectivity index (χ1v) is 9.35. The highest BCUT2D eigenvalue weighted by Gasteiger charge is 2.07. The van der Waals surface area contributed by atoms with E-state index in [9.17, 15) is 8.42 Å². The maximum atomic E-state index is 11.3. The lowest BCUT2D eigenvalue weighted by Gasteiger charge is -2.11. The summed E-state index contributed by atoms with van der Waals surface area (Å²) in [4.78, 5) is 3.93. The molecule has 0 aliphatic heterocycles. The Morgan fingerprint density at radius 3 is 2.50 bits per heavy atom. The molecule has 0 radical (unpaired) electrons. The molecule has 6 nitrogen and oxygen atoms in total. The first kappa shape index (κ1) is 16.4. The van der Waals surface area contributed by atoms with Gasteiger partial charge >= 0.3 is 0 Å². The van der Waals surface area contributed by atoms with Gasteiger partial charge in [-0.1, -0.05) is 48.5 Å². The molecule has 0 saturated heterocycles. The van der Waals surface area contributed by atoms with Gasteiger partial charge in [-0.3, -0.25) is 0 Å². The normalized spacial score (nSPS) is 11.5. The fraction of sp³-hybridized carbons (Fsp3) is 0.176. The molecule has 1 N–H and O–H groups in total. The van der Waals surface area contributed by atoms with E-state index in [1.165, 1.54) is 6.33 Å². The van der Waals surface area contributed by atoms with E-state index < -0.39 is 10.0 Å². The molecule has 1 aromatic heterocycles. The van der Waals surface area contributed by atoms with E-state index in [-0.39, 0.29) is 6.54 Å². The van der Waals surface area contributed by atoms with Gasteiger partial charge in [0.1, 0.15) is 12.7 Å². The molecule has 1 heterocycles. The summed E-state index contributed by atoms with van der Waals surface area (Å²) in [6.45, 7) is 0.938. The van der Waals surface area contributed by atoms with Crippen molar-refractivity contribution in [2.24, 2.45) is 0 Å². The smallest absolute Gasteiger partial charge is 0.209 e. The molecule has 0 unspecified atom stereocenters. The molecule has 0 amide bonds. The molecule has 2 aromatic carbocycles. The van der Waals surface area contributed by atoms with E-state index in [1.54, 1.807) is 11.0 Å². The summed E-state index contributed by atoms with van der Waals surface area (Å²) in [7, 11) is -3.22. The van der Waals surface area contributed by atoms with Crippen molar-refractivity contribution in [2.75, 3.05) is 6.26 Å². The van der Waals surface area contributed by atoms with Crippen molar-refractivity contribution in [2.45, 2.75) is 13.1 Å². The number of hydrogen-bond donors (Lipinski definition) is 1. The predicted octanol–water partition coefficient (Wildman–Crippen LogP) is 2.04. The molecule has 0 bridgehead atoms. The monoisotopic (exact) mass is 342 g/mol. The van der Waals surface area contributed by atoms with Crippen LogP contribution in [0.4, 0.5) is 0 Å². The first-order valence-electron chi connectivity index (χ1n) is 7.45. The molecule has 0 aliphatic rings. The molecule has 124 valence electrons. The van der Waals surface area contributed by atoms with Crippen LogP contribution in [0.3, 0.4) is 0 Å². The molecule has 24 heavy (non-hydrogen) atoms. The minimum Gasteiger partial charge on any atom is -0.249 e. The summed E-state index contributed by atoms with van der Waals surface area (Å²) in [5, 5.41) is 4.09. The zero-order valence-electron chi connectivity index (χ0n) is 13.3. The Hall–Kier alpha value is -2.51. The SMILES string of the molecule is CS(=O)(=O)NCc1ccccc1-c1ccc(Cn2cncn2)cc1. The second-order valence-electron chi connectivity index (χ2n) is 5.54. The minimum absolute atomic E-state index is 0.274. The van der Waals surface area contributed by atoms with E-state index in [2.05, 4.69) is 14.8 Å². The van der Waals surface area contributed by atoms with Gasteiger partial charge in [-0.15, -0.1) is 0 Å². The highest BCUT2D eigenvalue weighted by atomic mass is 32.2. The zero-order chi connectivity index (χ0) is 17.0. The maximum absolute atomic E-state index is 11.3. The molecule has 3 aromatic rings. The van der Waals surface area contributed by atoms with Crippen molar-refractivity contribution in [1.29, 1.82) is 0 Å². The summed E-state index contributed by atoms with van der Waals surface area (Å²) in [5.74, 6) is 0. The number of hydrogen-bond acceptors (Lipinski definition) is 4. The van der Waals surface area contributed by atoms with Crippen molar-refractivity contribution in [1.82, 2.24) is 19.5 Å². The zero-order valence-corrected chi connectivity index (χ0v) is 14.1. The van der Waals surface area contributed by atoms with Crippen molar-refractivity contribution < 1.29 is 8.42 Å². The maximum Gasteiger partial charge on any atom is 0.209 e. The average Bonchev–Trinajstić information content (AvgIpc) is 3.06. The Balaban J connectivity index is 1.81. The van der Waals surface area contributed by atoms with Crippen LogP contribution >= 0.6 is 0 Å². The summed E-state index contributed by atoms with van der Waals surface area (Å²) in [6.07, 6.45) is 4.36. The van der Waals surface area contributed by atoms with Crippen LogP contribution in [0.25, 0.3) is 11.1 Å². The molecule has 0 saturated carbocycles. The molecule has 7 heteroatoms. The van der Waals surface area contributed by atoms with E-state index in [1.807, 2.05) is 48.5 Å². The summed E-state index contributed by atoms with van der Waals surface area (Å²) >= 11 is 0. The van der Waals surface area contributed by atoms with Crippen molar-refractivity contribution in [3.8, 4) is 11.1 Å². The molecule has 0 fully saturated rings. The number of nitrogens with one attached hydrogen (secondary N) is 1. The van der Waals surface area contributed by atoms with Gasteiger partial charge < -0.3 is 0 Å². The lowest BCUT2D eigenvalue weighted by Crippen LogP contribution is -2.21. The minimum atomic E-state index is -3.22. The number of sulfonamides is 1. The largest absolute Gasteiger partial charge is 0.249 e. The third kappa shape index (κ3) is 4.27. The standard InChI is InChI=1S/C17H18N4O2S/c1-24(22,23)20-10-16-4-2-3-5-17(16)15-8-6-14(7-9-15)11-21-13-18-12-19-21/h2-9,12-13,20H,10-11H2,1H3. The Labute approximate surface area is 141 Å². The first-order chi connectivity index (χ1) is 11.5. The van der Waals surface area contributed by atoms with Crippen LogP contribution in [-0.2, 0) is 23.1 Å². The molecule has 0 spiro atoms. The van der Waals surface area contributed by atoms with E-state index in [0.29, 0.717) is 6.54 Å². The van der Waals surface area contributed by atoms with Gasteiger partial charge in [0, 0.05) is 6.54 Å².